The second-order valence-corrected chi connectivity index (χ2v) is 8.42. The summed E-state index contributed by atoms with van der Waals surface area (Å²) in [6.45, 7) is 8.85. The lowest BCUT2D eigenvalue weighted by Gasteiger charge is -2.47. The molecule has 2 fully saturated rings. The van der Waals surface area contributed by atoms with Crippen LogP contribution in [0.2, 0.25) is 0 Å². The Morgan fingerprint density at radius 2 is 1.88 bits per heavy atom. The van der Waals surface area contributed by atoms with Crippen molar-refractivity contribution in [3.05, 3.63) is 29.3 Å². The molecule has 2 aliphatic heterocycles. The second kappa shape index (κ2) is 6.46. The third-order valence-electron chi connectivity index (χ3n) is 4.93. The molecule has 2 heterocycles. The van der Waals surface area contributed by atoms with Gasteiger partial charge in [-0.3, -0.25) is 9.69 Å². The molecule has 24 heavy (non-hydrogen) atoms. The number of sulfonamides is 1. The topological polar surface area (TPSA) is 60.9 Å². The van der Waals surface area contributed by atoms with E-state index in [0.717, 1.165) is 30.6 Å². The molecule has 1 aromatic rings. The fourth-order valence-corrected chi connectivity index (χ4v) is 5.49. The molecule has 2 saturated heterocycles. The lowest BCUT2D eigenvalue weighted by Crippen LogP contribution is -2.67. The summed E-state index contributed by atoms with van der Waals surface area (Å²) in [5.74, 6) is -0.100. The molecule has 0 aromatic heterocycles. The largest absolute Gasteiger partial charge is 0.339 e. The summed E-state index contributed by atoms with van der Waals surface area (Å²) in [5.41, 5.74) is 1.75. The molecule has 0 bridgehead atoms. The quantitative estimate of drug-likeness (QED) is 0.821. The maximum atomic E-state index is 13.2. The molecule has 1 amide bonds. The van der Waals surface area contributed by atoms with E-state index in [1.165, 1.54) is 4.31 Å². The fraction of sp³-hybridized carbons (Fsp3) is 0.588. The number of fused-ring (bicyclic) bond motifs is 1. The Hall–Kier alpha value is -1.44. The molecular formula is C17H25N3O3S. The van der Waals surface area contributed by atoms with Crippen LogP contribution in [0.4, 0.5) is 0 Å². The van der Waals surface area contributed by atoms with E-state index in [-0.39, 0.29) is 5.91 Å². The molecule has 0 spiro atoms. The summed E-state index contributed by atoms with van der Waals surface area (Å²) >= 11 is 0. The van der Waals surface area contributed by atoms with Gasteiger partial charge in [-0.2, -0.15) is 4.31 Å². The lowest BCUT2D eigenvalue weighted by molar-refractivity contribution is -0.149. The first-order valence-electron chi connectivity index (χ1n) is 8.48. The fourth-order valence-electron chi connectivity index (χ4n) is 3.67. The second-order valence-electron chi connectivity index (χ2n) is 6.57. The van der Waals surface area contributed by atoms with Gasteiger partial charge in [-0.05, 0) is 38.8 Å². The average Bonchev–Trinajstić information content (AvgIpc) is 2.54. The zero-order chi connectivity index (χ0) is 17.5. The van der Waals surface area contributed by atoms with E-state index in [9.17, 15) is 13.2 Å². The van der Waals surface area contributed by atoms with Crippen LogP contribution in [-0.4, -0.2) is 67.3 Å². The summed E-state index contributed by atoms with van der Waals surface area (Å²) in [5, 5.41) is 0. The molecule has 132 valence electrons. The Balaban J connectivity index is 2.01. The first-order valence-corrected chi connectivity index (χ1v) is 9.92. The highest BCUT2D eigenvalue weighted by Gasteiger charge is 2.45. The van der Waals surface area contributed by atoms with Crippen LogP contribution in [-0.2, 0) is 14.8 Å². The van der Waals surface area contributed by atoms with Gasteiger partial charge in [-0.1, -0.05) is 17.7 Å². The van der Waals surface area contributed by atoms with Crippen molar-refractivity contribution in [1.29, 1.82) is 0 Å². The highest BCUT2D eigenvalue weighted by atomic mass is 32.2. The van der Waals surface area contributed by atoms with Gasteiger partial charge < -0.3 is 4.90 Å². The minimum atomic E-state index is -3.70. The van der Waals surface area contributed by atoms with Gasteiger partial charge >= 0.3 is 0 Å². The maximum Gasteiger partial charge on any atom is 0.255 e. The number of carbonyl (C=O) groups is 1. The van der Waals surface area contributed by atoms with Crippen molar-refractivity contribution in [2.75, 3.05) is 32.7 Å². The maximum absolute atomic E-state index is 13.2. The van der Waals surface area contributed by atoms with E-state index >= 15 is 0 Å². The molecule has 0 aliphatic carbocycles. The summed E-state index contributed by atoms with van der Waals surface area (Å²) in [6, 6.07) is 5.34. The number of hydrogen-bond acceptors (Lipinski definition) is 4. The summed E-state index contributed by atoms with van der Waals surface area (Å²) in [7, 11) is -3.70. The molecule has 0 saturated carbocycles. The van der Waals surface area contributed by atoms with Gasteiger partial charge in [-0.15, -0.1) is 0 Å². The lowest BCUT2D eigenvalue weighted by atomic mass is 10.2. The number of rotatable bonds is 3. The van der Waals surface area contributed by atoms with E-state index in [1.54, 1.807) is 11.0 Å². The van der Waals surface area contributed by atoms with Gasteiger partial charge in [0.25, 0.3) is 5.91 Å². The first-order chi connectivity index (χ1) is 11.4. The van der Waals surface area contributed by atoms with Crippen molar-refractivity contribution in [3.8, 4) is 0 Å². The standard InChI is InChI=1S/C17H25N3O3S/c1-4-18-10-11-19-8-5-9-20(16(19)17(18)21)24(22,23)15-7-6-13(2)12-14(15)3/h6-7,12,16H,4-5,8-11H2,1-3H3/t16-/m0/s1. The van der Waals surface area contributed by atoms with Gasteiger partial charge in [-0.25, -0.2) is 8.42 Å². The Morgan fingerprint density at radius 1 is 1.12 bits per heavy atom. The van der Waals surface area contributed by atoms with Crippen LogP contribution in [0, 0.1) is 13.8 Å². The Bertz CT molecular complexity index is 747. The van der Waals surface area contributed by atoms with E-state index in [1.807, 2.05) is 37.8 Å². The summed E-state index contributed by atoms with van der Waals surface area (Å²) in [6.07, 6.45) is 0.0539. The van der Waals surface area contributed by atoms with Gasteiger partial charge in [0.15, 0.2) is 6.17 Å². The summed E-state index contributed by atoms with van der Waals surface area (Å²) in [4.78, 5) is 16.8. The van der Waals surface area contributed by atoms with Crippen molar-refractivity contribution in [1.82, 2.24) is 14.1 Å². The van der Waals surface area contributed by atoms with Gasteiger partial charge in [0.05, 0.1) is 4.90 Å². The third kappa shape index (κ3) is 2.85. The number of nitrogens with zero attached hydrogens (tertiary/aromatic N) is 3. The molecule has 0 radical (unpaired) electrons. The van der Waals surface area contributed by atoms with E-state index < -0.39 is 16.2 Å². The minimum Gasteiger partial charge on any atom is -0.339 e. The zero-order valence-electron chi connectivity index (χ0n) is 14.5. The highest BCUT2D eigenvalue weighted by molar-refractivity contribution is 7.89. The molecule has 0 N–H and O–H groups in total. The number of piperazine rings is 1. The summed E-state index contributed by atoms with van der Waals surface area (Å²) < 4.78 is 27.9. The van der Waals surface area contributed by atoms with Gasteiger partial charge in [0, 0.05) is 32.7 Å². The molecule has 2 aliphatic rings. The normalized spacial score (nSPS) is 23.4. The van der Waals surface area contributed by atoms with Gasteiger partial charge in [0.2, 0.25) is 10.0 Å². The van der Waals surface area contributed by atoms with Crippen molar-refractivity contribution in [2.45, 2.75) is 38.3 Å². The monoisotopic (exact) mass is 351 g/mol. The SMILES string of the molecule is CCN1CCN2CCCN(S(=O)(=O)c3ccc(C)cc3C)[C@H]2C1=O. The minimum absolute atomic E-state index is 0.100. The number of amides is 1. The molecule has 1 aromatic carbocycles. The number of hydrogen-bond donors (Lipinski definition) is 0. The predicted octanol–water partition coefficient (Wildman–Crippen LogP) is 1.19. The molecule has 1 atom stereocenters. The molecule has 0 unspecified atom stereocenters. The predicted molar refractivity (Wildman–Crippen MR) is 92.0 cm³/mol. The number of benzene rings is 1. The van der Waals surface area contributed by atoms with Crippen LogP contribution in [0.3, 0.4) is 0 Å². The molecule has 7 heteroatoms. The van der Waals surface area contributed by atoms with Crippen LogP contribution in [0.5, 0.6) is 0 Å². The van der Waals surface area contributed by atoms with Gasteiger partial charge in [0.1, 0.15) is 0 Å². The van der Waals surface area contributed by atoms with Crippen LogP contribution in [0.1, 0.15) is 24.5 Å². The zero-order valence-corrected chi connectivity index (χ0v) is 15.3. The van der Waals surface area contributed by atoms with Crippen molar-refractivity contribution in [2.24, 2.45) is 0 Å². The van der Waals surface area contributed by atoms with Crippen LogP contribution < -0.4 is 0 Å². The third-order valence-corrected chi connectivity index (χ3v) is 6.94. The number of likely N-dealkylation sites (N-methyl/N-ethyl adjacent to an activating group) is 1. The van der Waals surface area contributed by atoms with Crippen molar-refractivity contribution >= 4 is 15.9 Å². The first kappa shape index (κ1) is 17.4. The molecule has 3 rings (SSSR count). The highest BCUT2D eigenvalue weighted by Crippen LogP contribution is 2.28. The Labute approximate surface area is 144 Å². The Morgan fingerprint density at radius 3 is 2.54 bits per heavy atom. The number of carbonyl (C=O) groups excluding carboxylic acids is 1. The van der Waals surface area contributed by atoms with Crippen LogP contribution in [0.25, 0.3) is 0 Å². The van der Waals surface area contributed by atoms with E-state index in [2.05, 4.69) is 0 Å². The average molecular weight is 351 g/mol. The smallest absolute Gasteiger partial charge is 0.255 e. The van der Waals surface area contributed by atoms with Crippen molar-refractivity contribution < 1.29 is 13.2 Å². The van der Waals surface area contributed by atoms with Crippen LogP contribution >= 0.6 is 0 Å². The van der Waals surface area contributed by atoms with E-state index in [4.69, 9.17) is 0 Å². The van der Waals surface area contributed by atoms with E-state index in [0.29, 0.717) is 24.5 Å². The Kier molecular flexibility index (Phi) is 4.68. The number of aryl methyl sites for hydroxylation is 2. The van der Waals surface area contributed by atoms with Crippen LogP contribution in [0.15, 0.2) is 23.1 Å². The molecular weight excluding hydrogens is 326 g/mol. The van der Waals surface area contributed by atoms with Crippen molar-refractivity contribution in [3.63, 3.8) is 0 Å². The molecule has 6 nitrogen and oxygen atoms in total.